The summed E-state index contributed by atoms with van der Waals surface area (Å²) in [4.78, 5) is 18.6. The Morgan fingerprint density at radius 2 is 2.00 bits per heavy atom. The Kier molecular flexibility index (Phi) is 7.84. The van der Waals surface area contributed by atoms with E-state index in [4.69, 9.17) is 4.89 Å². The summed E-state index contributed by atoms with van der Waals surface area (Å²) in [6.07, 6.45) is 0. The second-order valence-electron chi connectivity index (χ2n) is 1.67. The van der Waals surface area contributed by atoms with Gasteiger partial charge in [0.25, 0.3) is 0 Å². The molecule has 3 nitrogen and oxygen atoms in total. The molecule has 50 valence electrons. The Morgan fingerprint density at radius 3 is 2.00 bits per heavy atom. The number of hydrogen-bond donors (Lipinski definition) is 1. The van der Waals surface area contributed by atoms with E-state index in [9.17, 15) is 9.36 Å². The van der Waals surface area contributed by atoms with Gasteiger partial charge in [0.1, 0.15) is 5.78 Å². The van der Waals surface area contributed by atoms with E-state index in [0.717, 1.165) is 0 Å². The second kappa shape index (κ2) is 5.63. The monoisotopic (exact) mass is 160 g/mol. The molecule has 0 radical (unpaired) electrons. The summed E-state index contributed by atoms with van der Waals surface area (Å²) in [5.41, 5.74) is -0.667. The van der Waals surface area contributed by atoms with Crippen molar-refractivity contribution in [2.24, 2.45) is 0 Å². The van der Waals surface area contributed by atoms with Gasteiger partial charge in [0.15, 0.2) is 8.03 Å². The van der Waals surface area contributed by atoms with E-state index in [-0.39, 0.29) is 35.3 Å². The summed E-state index contributed by atoms with van der Waals surface area (Å²) in [7, 11) is -2.61. The van der Waals surface area contributed by atoms with E-state index >= 15 is 0 Å². The molecule has 2 unspecified atom stereocenters. The molecule has 5 heteroatoms. The van der Waals surface area contributed by atoms with Gasteiger partial charge in [-0.15, -0.1) is 0 Å². The molecule has 0 aliphatic carbocycles. The van der Waals surface area contributed by atoms with Crippen LogP contribution in [-0.4, -0.2) is 45.9 Å². The molecule has 0 aromatic rings. The van der Waals surface area contributed by atoms with E-state index in [1.807, 2.05) is 0 Å². The minimum absolute atomic E-state index is 0. The van der Waals surface area contributed by atoms with Gasteiger partial charge in [-0.3, -0.25) is 9.36 Å². The topological polar surface area (TPSA) is 54.4 Å². The van der Waals surface area contributed by atoms with Crippen molar-refractivity contribution in [3.8, 4) is 0 Å². The first-order valence-electron chi connectivity index (χ1n) is 2.29. The molecule has 2 atom stereocenters. The van der Waals surface area contributed by atoms with Crippen LogP contribution >= 0.6 is 8.03 Å². The Morgan fingerprint density at radius 1 is 1.67 bits per heavy atom. The summed E-state index contributed by atoms with van der Waals surface area (Å²) in [6, 6.07) is 0. The van der Waals surface area contributed by atoms with Crippen LogP contribution in [0.4, 0.5) is 0 Å². The van der Waals surface area contributed by atoms with Gasteiger partial charge in [-0.2, -0.15) is 0 Å². The summed E-state index contributed by atoms with van der Waals surface area (Å²) >= 11 is 0. The van der Waals surface area contributed by atoms with Crippen LogP contribution in [0.25, 0.3) is 0 Å². The average Bonchev–Trinajstić information content (AvgIpc) is 1.64. The summed E-state index contributed by atoms with van der Waals surface area (Å²) in [5.74, 6) is -0.226. The molecule has 0 aromatic carbocycles. The molecule has 0 aliphatic heterocycles. The molecule has 0 bridgehead atoms. The van der Waals surface area contributed by atoms with Crippen molar-refractivity contribution >= 4 is 43.4 Å². The number of ketones is 1. The summed E-state index contributed by atoms with van der Waals surface area (Å²) in [5, 5.41) is 0. The van der Waals surface area contributed by atoms with Crippen molar-refractivity contribution in [2.45, 2.75) is 19.5 Å². The number of carbonyl (C=O) groups is 1. The van der Waals surface area contributed by atoms with E-state index in [2.05, 4.69) is 0 Å². The fourth-order valence-electron chi connectivity index (χ4n) is 0.174. The van der Waals surface area contributed by atoms with E-state index in [1.54, 1.807) is 0 Å². The van der Waals surface area contributed by atoms with Crippen LogP contribution < -0.4 is 0 Å². The van der Waals surface area contributed by atoms with E-state index in [1.165, 1.54) is 13.8 Å². The molecule has 1 N–H and O–H groups in total. The molecule has 0 heterocycles. The predicted molar refractivity (Wildman–Crippen MR) is 38.5 cm³/mol. The third-order valence-corrected chi connectivity index (χ3v) is 2.13. The molecule has 0 fully saturated rings. The van der Waals surface area contributed by atoms with Gasteiger partial charge < -0.3 is 4.89 Å². The normalized spacial score (nSPS) is 15.4. The molecule has 0 rings (SSSR count). The quantitative estimate of drug-likeness (QED) is 0.449. The molecule has 0 aromatic heterocycles. The Labute approximate surface area is 77.0 Å². The van der Waals surface area contributed by atoms with Gasteiger partial charge in [0.2, 0.25) is 0 Å². The first kappa shape index (κ1) is 12.5. The molecular formula is C4H10NaO3P. The SMILES string of the molecule is CC(=O)C(C)[PH](=O)O.[NaH]. The molecule has 0 amide bonds. The zero-order valence-electron chi connectivity index (χ0n) is 4.84. The van der Waals surface area contributed by atoms with Crippen LogP contribution in [0.1, 0.15) is 13.8 Å². The Hall–Kier alpha value is 0.860. The summed E-state index contributed by atoms with van der Waals surface area (Å²) < 4.78 is 10.1. The molecule has 0 saturated carbocycles. The number of hydrogen-bond acceptors (Lipinski definition) is 2. The first-order valence-corrected chi connectivity index (χ1v) is 3.72. The molecule has 0 aliphatic rings. The molecular weight excluding hydrogens is 150 g/mol. The average molecular weight is 160 g/mol. The van der Waals surface area contributed by atoms with Crippen LogP contribution in [0.3, 0.4) is 0 Å². The fourth-order valence-corrected chi connectivity index (χ4v) is 0.522. The fraction of sp³-hybridized carbons (Fsp3) is 0.750. The predicted octanol–water partition coefficient (Wildman–Crippen LogP) is -0.218. The van der Waals surface area contributed by atoms with Gasteiger partial charge in [-0.05, 0) is 13.8 Å². The molecule has 0 spiro atoms. The van der Waals surface area contributed by atoms with Gasteiger partial charge >= 0.3 is 29.6 Å². The van der Waals surface area contributed by atoms with Gasteiger partial charge in [0, 0.05) is 0 Å². The van der Waals surface area contributed by atoms with Crippen LogP contribution in [0.15, 0.2) is 0 Å². The van der Waals surface area contributed by atoms with Gasteiger partial charge in [0.05, 0.1) is 5.66 Å². The van der Waals surface area contributed by atoms with Crippen molar-refractivity contribution in [1.29, 1.82) is 0 Å². The number of carbonyl (C=O) groups excluding carboxylic acids is 1. The van der Waals surface area contributed by atoms with Crippen LogP contribution in [0.5, 0.6) is 0 Å². The zero-order valence-corrected chi connectivity index (χ0v) is 5.84. The van der Waals surface area contributed by atoms with Crippen LogP contribution in [0.2, 0.25) is 0 Å². The maximum absolute atomic E-state index is 10.3. The second-order valence-corrected chi connectivity index (χ2v) is 3.21. The van der Waals surface area contributed by atoms with Crippen molar-refractivity contribution in [1.82, 2.24) is 0 Å². The third kappa shape index (κ3) is 5.31. The van der Waals surface area contributed by atoms with Gasteiger partial charge in [-0.1, -0.05) is 0 Å². The molecule has 0 saturated heterocycles. The summed E-state index contributed by atoms with van der Waals surface area (Å²) in [6.45, 7) is 2.76. The number of rotatable bonds is 2. The van der Waals surface area contributed by atoms with Crippen molar-refractivity contribution < 1.29 is 14.3 Å². The minimum atomic E-state index is -2.61. The Bertz CT molecular complexity index is 111. The van der Waals surface area contributed by atoms with Crippen molar-refractivity contribution in [2.75, 3.05) is 0 Å². The Balaban J connectivity index is 0. The van der Waals surface area contributed by atoms with Crippen LogP contribution in [0, 0.1) is 0 Å². The van der Waals surface area contributed by atoms with E-state index < -0.39 is 13.7 Å². The van der Waals surface area contributed by atoms with E-state index in [0.29, 0.717) is 0 Å². The zero-order chi connectivity index (χ0) is 6.73. The van der Waals surface area contributed by atoms with Gasteiger partial charge in [-0.25, -0.2) is 0 Å². The third-order valence-electron chi connectivity index (χ3n) is 0.980. The van der Waals surface area contributed by atoms with Crippen molar-refractivity contribution in [3.05, 3.63) is 0 Å². The maximum atomic E-state index is 10.3. The van der Waals surface area contributed by atoms with Crippen molar-refractivity contribution in [3.63, 3.8) is 0 Å². The standard InChI is InChI=1S/C4H9O3P.Na.H/c1-3(5)4(2)8(6)7;;/h4,8H,1-2H3,(H,6,7);;. The molecule has 9 heavy (non-hydrogen) atoms. The number of Topliss-reactive ketones (excluding diaryl/α,β-unsaturated/α-hetero) is 1. The first-order chi connectivity index (χ1) is 3.55. The van der Waals surface area contributed by atoms with Crippen LogP contribution in [-0.2, 0) is 9.36 Å².